The first-order chi connectivity index (χ1) is 18.3. The van der Waals surface area contributed by atoms with Gasteiger partial charge >= 0.3 is 0 Å². The topological polar surface area (TPSA) is 97.8 Å². The van der Waals surface area contributed by atoms with E-state index in [1.54, 1.807) is 36.4 Å². The lowest BCUT2D eigenvalue weighted by atomic mass is 9.94. The van der Waals surface area contributed by atoms with E-state index in [2.05, 4.69) is 0 Å². The van der Waals surface area contributed by atoms with E-state index in [-0.39, 0.29) is 17.9 Å². The van der Waals surface area contributed by atoms with Gasteiger partial charge in [-0.3, -0.25) is 9.59 Å². The summed E-state index contributed by atoms with van der Waals surface area (Å²) in [7, 11) is 3.79. The Labute approximate surface area is 224 Å². The second-order valence-electron chi connectivity index (χ2n) is 8.89. The molecule has 0 saturated carbocycles. The van der Waals surface area contributed by atoms with Gasteiger partial charge in [-0.25, -0.2) is 0 Å². The molecule has 9 nitrogen and oxygen atoms in total. The zero-order chi connectivity index (χ0) is 27.8. The Hall–Kier alpha value is -3.72. The van der Waals surface area contributed by atoms with Gasteiger partial charge in [0.05, 0.1) is 43.6 Å². The van der Waals surface area contributed by atoms with Crippen LogP contribution in [0.4, 0.5) is 0 Å². The van der Waals surface area contributed by atoms with Crippen molar-refractivity contribution >= 4 is 17.4 Å². The highest BCUT2D eigenvalue weighted by Crippen LogP contribution is 2.43. The number of ketones is 1. The highest BCUT2D eigenvalue weighted by Gasteiger charge is 2.46. The predicted octanol–water partition coefficient (Wildman–Crippen LogP) is 4.26. The van der Waals surface area contributed by atoms with Gasteiger partial charge in [-0.15, -0.1) is 0 Å². The fourth-order valence-corrected chi connectivity index (χ4v) is 4.38. The maximum absolute atomic E-state index is 13.4. The molecular weight excluding hydrogens is 488 g/mol. The number of aliphatic hydroxyl groups excluding tert-OH is 1. The van der Waals surface area contributed by atoms with Gasteiger partial charge in [-0.05, 0) is 71.6 Å². The minimum atomic E-state index is -0.828. The number of hydrogen-bond donors (Lipinski definition) is 1. The van der Waals surface area contributed by atoms with Crippen LogP contribution in [-0.4, -0.2) is 80.2 Å². The number of likely N-dealkylation sites (N-methyl/N-ethyl adjacent to an activating group) is 1. The van der Waals surface area contributed by atoms with Crippen LogP contribution in [-0.2, 0) is 9.59 Å². The number of nitrogens with zero attached hydrogens (tertiary/aromatic N) is 2. The summed E-state index contributed by atoms with van der Waals surface area (Å²) in [6.45, 7) is 9.94. The average Bonchev–Trinajstić information content (AvgIpc) is 3.14. The molecule has 0 aromatic heterocycles. The zero-order valence-corrected chi connectivity index (χ0v) is 23.1. The van der Waals surface area contributed by atoms with Crippen LogP contribution in [0.25, 0.3) is 5.76 Å². The Kier molecular flexibility index (Phi) is 10.0. The molecule has 1 heterocycles. The van der Waals surface area contributed by atoms with Crippen LogP contribution >= 0.6 is 0 Å². The molecule has 3 rings (SSSR count). The van der Waals surface area contributed by atoms with Gasteiger partial charge in [0.2, 0.25) is 0 Å². The molecular formula is C29H38N2O7. The normalized spacial score (nSPS) is 16.7. The molecule has 1 unspecified atom stereocenters. The van der Waals surface area contributed by atoms with Gasteiger partial charge in [0.15, 0.2) is 11.5 Å². The van der Waals surface area contributed by atoms with Crippen molar-refractivity contribution in [2.75, 3.05) is 53.6 Å². The van der Waals surface area contributed by atoms with E-state index in [4.69, 9.17) is 18.9 Å². The van der Waals surface area contributed by atoms with Crippen molar-refractivity contribution in [3.8, 4) is 23.0 Å². The summed E-state index contributed by atoms with van der Waals surface area (Å²) in [5, 5.41) is 11.6. The molecule has 0 aliphatic carbocycles. The molecule has 1 fully saturated rings. The van der Waals surface area contributed by atoms with E-state index in [0.29, 0.717) is 67.1 Å². The fraction of sp³-hybridized carbons (Fsp3) is 0.448. The number of rotatable bonds is 13. The number of hydrogen-bond acceptors (Lipinski definition) is 8. The highest BCUT2D eigenvalue weighted by molar-refractivity contribution is 6.46. The van der Waals surface area contributed by atoms with E-state index in [9.17, 15) is 14.7 Å². The third-order valence-corrected chi connectivity index (χ3v) is 6.03. The number of benzene rings is 2. The first kappa shape index (κ1) is 28.8. The Morgan fingerprint density at radius 2 is 1.47 bits per heavy atom. The van der Waals surface area contributed by atoms with Crippen LogP contribution in [0.1, 0.15) is 44.9 Å². The predicted molar refractivity (Wildman–Crippen MR) is 145 cm³/mol. The quantitative estimate of drug-likeness (QED) is 0.235. The lowest BCUT2D eigenvalue weighted by Crippen LogP contribution is -2.35. The number of carbonyl (C=O) groups excluding carboxylic acids is 2. The van der Waals surface area contributed by atoms with Gasteiger partial charge in [0.1, 0.15) is 17.3 Å². The Morgan fingerprint density at radius 3 is 2.11 bits per heavy atom. The second-order valence-corrected chi connectivity index (χ2v) is 8.89. The molecule has 206 valence electrons. The summed E-state index contributed by atoms with van der Waals surface area (Å²) in [6.07, 6.45) is 0. The van der Waals surface area contributed by atoms with Crippen LogP contribution in [0.3, 0.4) is 0 Å². The third-order valence-electron chi connectivity index (χ3n) is 6.03. The van der Waals surface area contributed by atoms with E-state index >= 15 is 0 Å². The summed E-state index contributed by atoms with van der Waals surface area (Å²) in [4.78, 5) is 30.1. The number of amides is 1. The van der Waals surface area contributed by atoms with Crippen molar-refractivity contribution in [2.45, 2.75) is 33.7 Å². The maximum atomic E-state index is 13.4. The number of Topliss-reactive ketones (excluding diaryl/α,β-unsaturated/α-hetero) is 1. The molecule has 1 N–H and O–H groups in total. The van der Waals surface area contributed by atoms with E-state index in [1.165, 1.54) is 4.90 Å². The van der Waals surface area contributed by atoms with Crippen molar-refractivity contribution in [3.63, 3.8) is 0 Å². The first-order valence-electron chi connectivity index (χ1n) is 13.0. The summed E-state index contributed by atoms with van der Waals surface area (Å²) in [5.74, 6) is 0.261. The first-order valence-corrected chi connectivity index (χ1v) is 13.0. The van der Waals surface area contributed by atoms with Gasteiger partial charge in [-0.1, -0.05) is 6.07 Å². The molecule has 1 atom stereocenters. The van der Waals surface area contributed by atoms with Crippen LogP contribution in [0.5, 0.6) is 23.0 Å². The highest BCUT2D eigenvalue weighted by atomic mass is 16.5. The second kappa shape index (κ2) is 13.2. The van der Waals surface area contributed by atoms with Crippen LogP contribution < -0.4 is 18.9 Å². The van der Waals surface area contributed by atoms with Gasteiger partial charge in [-0.2, -0.15) is 0 Å². The number of likely N-dealkylation sites (tertiary alicyclic amines) is 1. The third kappa shape index (κ3) is 6.22. The average molecular weight is 527 g/mol. The minimum Gasteiger partial charge on any atom is -0.507 e. The lowest BCUT2D eigenvalue weighted by Gasteiger charge is -2.27. The Balaban J connectivity index is 2.22. The van der Waals surface area contributed by atoms with Gasteiger partial charge in [0.25, 0.3) is 11.7 Å². The van der Waals surface area contributed by atoms with Crippen molar-refractivity contribution in [2.24, 2.45) is 0 Å². The zero-order valence-electron chi connectivity index (χ0n) is 23.1. The standard InChI is InChI=1S/C29H38N2O7/c1-7-35-20-12-13-21(23(18-20)37-9-3)27(32)25-26(31(16-15-30(5)6)29(34)28(25)33)19-11-14-22(36-8-2)24(17-19)38-10-4/h11-14,17-18,26,32H,7-10,15-16H2,1-6H3/b27-25+. The maximum Gasteiger partial charge on any atom is 0.295 e. The molecule has 1 saturated heterocycles. The molecule has 1 amide bonds. The molecule has 2 aromatic carbocycles. The SMILES string of the molecule is CCOc1ccc(/C(O)=C2\C(=O)C(=O)N(CCN(C)C)C2c2ccc(OCC)c(OCC)c2)c(OCC)c1. The largest absolute Gasteiger partial charge is 0.507 e. The molecule has 38 heavy (non-hydrogen) atoms. The van der Waals surface area contributed by atoms with Gasteiger partial charge in [0, 0.05) is 19.2 Å². The summed E-state index contributed by atoms with van der Waals surface area (Å²) in [5.41, 5.74) is 0.924. The molecule has 0 radical (unpaired) electrons. The van der Waals surface area contributed by atoms with Crippen molar-refractivity contribution in [1.29, 1.82) is 0 Å². The van der Waals surface area contributed by atoms with E-state index < -0.39 is 17.7 Å². The molecule has 1 aliphatic rings. The molecule has 0 spiro atoms. The van der Waals surface area contributed by atoms with Crippen LogP contribution in [0.15, 0.2) is 42.0 Å². The molecule has 0 bridgehead atoms. The lowest BCUT2D eigenvalue weighted by molar-refractivity contribution is -0.140. The minimum absolute atomic E-state index is 0.00882. The van der Waals surface area contributed by atoms with Crippen molar-refractivity contribution in [1.82, 2.24) is 9.80 Å². The van der Waals surface area contributed by atoms with Crippen molar-refractivity contribution < 1.29 is 33.6 Å². The van der Waals surface area contributed by atoms with E-state index in [0.717, 1.165) is 0 Å². The van der Waals surface area contributed by atoms with Crippen LogP contribution in [0, 0.1) is 0 Å². The van der Waals surface area contributed by atoms with Crippen molar-refractivity contribution in [3.05, 3.63) is 53.1 Å². The van der Waals surface area contributed by atoms with Gasteiger partial charge < -0.3 is 33.9 Å². The van der Waals surface area contributed by atoms with Crippen LogP contribution in [0.2, 0.25) is 0 Å². The molecule has 9 heteroatoms. The molecule has 2 aromatic rings. The number of aliphatic hydroxyl groups is 1. The monoisotopic (exact) mass is 526 g/mol. The fourth-order valence-electron chi connectivity index (χ4n) is 4.38. The summed E-state index contributed by atoms with van der Waals surface area (Å²) in [6, 6.07) is 9.50. The Bertz CT molecular complexity index is 1180. The number of ether oxygens (including phenoxy) is 4. The summed E-state index contributed by atoms with van der Waals surface area (Å²) >= 11 is 0. The summed E-state index contributed by atoms with van der Waals surface area (Å²) < 4.78 is 22.9. The smallest absolute Gasteiger partial charge is 0.295 e. The molecule has 1 aliphatic heterocycles. The Morgan fingerprint density at radius 1 is 0.842 bits per heavy atom. The number of carbonyl (C=O) groups is 2. The van der Waals surface area contributed by atoms with E-state index in [1.807, 2.05) is 46.7 Å².